The molecular formula is C13H10BrIN2O2. The second kappa shape index (κ2) is 5.87. The Morgan fingerprint density at radius 2 is 2.00 bits per heavy atom. The number of nitrogens with one attached hydrogen (secondary N) is 1. The standard InChI is InChI=1S/C13H10BrIN2O2/c1-8-2-4-12(10(14)6-8)16-9-3-5-13(17(18)19)11(15)7-9/h2-7,16H,1H3. The van der Waals surface area contributed by atoms with Gasteiger partial charge in [-0.25, -0.2) is 0 Å². The van der Waals surface area contributed by atoms with E-state index in [2.05, 4.69) is 21.2 Å². The maximum atomic E-state index is 10.8. The van der Waals surface area contributed by atoms with Crippen molar-refractivity contribution in [3.05, 3.63) is 60.1 Å². The topological polar surface area (TPSA) is 55.2 Å². The average Bonchev–Trinajstić information content (AvgIpc) is 2.32. The Hall–Kier alpha value is -1.15. The SMILES string of the molecule is Cc1ccc(Nc2ccc([N+](=O)[O-])c(I)c2)c(Br)c1. The second-order valence-electron chi connectivity index (χ2n) is 4.03. The molecular weight excluding hydrogens is 423 g/mol. The number of hydrogen-bond donors (Lipinski definition) is 1. The van der Waals surface area contributed by atoms with Crippen LogP contribution in [0.1, 0.15) is 5.56 Å². The molecule has 0 aromatic heterocycles. The third-order valence-electron chi connectivity index (χ3n) is 2.55. The maximum Gasteiger partial charge on any atom is 0.282 e. The summed E-state index contributed by atoms with van der Waals surface area (Å²) in [6.07, 6.45) is 0. The summed E-state index contributed by atoms with van der Waals surface area (Å²) in [4.78, 5) is 10.4. The van der Waals surface area contributed by atoms with Gasteiger partial charge < -0.3 is 5.32 Å². The third-order valence-corrected chi connectivity index (χ3v) is 4.07. The quantitative estimate of drug-likeness (QED) is 0.421. The molecule has 0 unspecified atom stereocenters. The molecule has 2 aromatic carbocycles. The van der Waals surface area contributed by atoms with Crippen LogP contribution in [0.15, 0.2) is 40.9 Å². The monoisotopic (exact) mass is 432 g/mol. The summed E-state index contributed by atoms with van der Waals surface area (Å²) in [7, 11) is 0. The van der Waals surface area contributed by atoms with Crippen molar-refractivity contribution in [2.75, 3.05) is 5.32 Å². The summed E-state index contributed by atoms with van der Waals surface area (Å²) in [5.74, 6) is 0. The van der Waals surface area contributed by atoms with Gasteiger partial charge in [-0.3, -0.25) is 10.1 Å². The minimum atomic E-state index is -0.382. The van der Waals surface area contributed by atoms with Gasteiger partial charge in [0.05, 0.1) is 14.2 Å². The van der Waals surface area contributed by atoms with E-state index in [1.807, 2.05) is 47.7 Å². The lowest BCUT2D eigenvalue weighted by atomic mass is 10.2. The molecule has 0 aliphatic rings. The number of rotatable bonds is 3. The lowest BCUT2D eigenvalue weighted by Gasteiger charge is -2.09. The van der Waals surface area contributed by atoms with E-state index < -0.39 is 0 Å². The summed E-state index contributed by atoms with van der Waals surface area (Å²) in [6, 6.07) is 10.9. The Balaban J connectivity index is 2.29. The van der Waals surface area contributed by atoms with Crippen LogP contribution >= 0.6 is 38.5 Å². The van der Waals surface area contributed by atoms with Crippen molar-refractivity contribution >= 4 is 55.6 Å². The summed E-state index contributed by atoms with van der Waals surface area (Å²) < 4.78 is 1.57. The fourth-order valence-electron chi connectivity index (χ4n) is 1.61. The molecule has 4 nitrogen and oxygen atoms in total. The van der Waals surface area contributed by atoms with Crippen LogP contribution in [-0.4, -0.2) is 4.92 Å². The fourth-order valence-corrected chi connectivity index (χ4v) is 2.91. The van der Waals surface area contributed by atoms with E-state index in [9.17, 15) is 10.1 Å². The van der Waals surface area contributed by atoms with Crippen LogP contribution < -0.4 is 5.32 Å². The van der Waals surface area contributed by atoms with Crippen LogP contribution in [0.25, 0.3) is 0 Å². The normalized spacial score (nSPS) is 10.3. The summed E-state index contributed by atoms with van der Waals surface area (Å²) in [6.45, 7) is 2.02. The van der Waals surface area contributed by atoms with E-state index in [1.165, 1.54) is 6.07 Å². The van der Waals surface area contributed by atoms with Gasteiger partial charge in [-0.2, -0.15) is 0 Å². The zero-order valence-corrected chi connectivity index (χ0v) is 13.7. The van der Waals surface area contributed by atoms with Gasteiger partial charge in [0, 0.05) is 16.2 Å². The van der Waals surface area contributed by atoms with E-state index in [4.69, 9.17) is 0 Å². The van der Waals surface area contributed by atoms with E-state index in [-0.39, 0.29) is 10.6 Å². The van der Waals surface area contributed by atoms with Crippen molar-refractivity contribution in [3.8, 4) is 0 Å². The Bertz CT molecular complexity index is 647. The number of nitro groups is 1. The first-order chi connectivity index (χ1) is 8.97. The summed E-state index contributed by atoms with van der Waals surface area (Å²) in [5, 5.41) is 14.0. The number of hydrogen-bond acceptors (Lipinski definition) is 3. The smallest absolute Gasteiger partial charge is 0.282 e. The fraction of sp³-hybridized carbons (Fsp3) is 0.0769. The van der Waals surface area contributed by atoms with E-state index >= 15 is 0 Å². The summed E-state index contributed by atoms with van der Waals surface area (Å²) in [5.41, 5.74) is 3.03. The molecule has 0 radical (unpaired) electrons. The first-order valence-corrected chi connectivity index (χ1v) is 7.31. The molecule has 6 heteroatoms. The number of halogens is 2. The van der Waals surface area contributed by atoms with Gasteiger partial charge in [0.2, 0.25) is 0 Å². The van der Waals surface area contributed by atoms with Crippen LogP contribution in [0.4, 0.5) is 17.1 Å². The zero-order chi connectivity index (χ0) is 14.0. The van der Waals surface area contributed by atoms with Gasteiger partial charge in [0.15, 0.2) is 0 Å². The van der Waals surface area contributed by atoms with Crippen molar-refractivity contribution in [1.29, 1.82) is 0 Å². The van der Waals surface area contributed by atoms with E-state index in [1.54, 1.807) is 12.1 Å². The lowest BCUT2D eigenvalue weighted by Crippen LogP contribution is -1.95. The number of nitrogens with zero attached hydrogens (tertiary/aromatic N) is 1. The van der Waals surface area contributed by atoms with Crippen LogP contribution in [0.2, 0.25) is 0 Å². The molecule has 0 fully saturated rings. The molecule has 0 heterocycles. The molecule has 19 heavy (non-hydrogen) atoms. The maximum absolute atomic E-state index is 10.8. The molecule has 0 spiro atoms. The molecule has 98 valence electrons. The predicted octanol–water partition coefficient (Wildman–Crippen LogP) is 5.01. The Kier molecular flexibility index (Phi) is 4.41. The molecule has 0 aliphatic heterocycles. The van der Waals surface area contributed by atoms with Crippen LogP contribution in [-0.2, 0) is 0 Å². The molecule has 0 aliphatic carbocycles. The van der Waals surface area contributed by atoms with Gasteiger partial charge in [-0.15, -0.1) is 0 Å². The Labute approximate surface area is 132 Å². The van der Waals surface area contributed by atoms with Crippen LogP contribution in [0.3, 0.4) is 0 Å². The highest BCUT2D eigenvalue weighted by Gasteiger charge is 2.11. The van der Waals surface area contributed by atoms with Crippen molar-refractivity contribution in [3.63, 3.8) is 0 Å². The van der Waals surface area contributed by atoms with Crippen molar-refractivity contribution in [2.24, 2.45) is 0 Å². The zero-order valence-electron chi connectivity index (χ0n) is 9.98. The van der Waals surface area contributed by atoms with Crippen molar-refractivity contribution < 1.29 is 4.92 Å². The van der Waals surface area contributed by atoms with Crippen molar-refractivity contribution in [1.82, 2.24) is 0 Å². The number of nitro benzene ring substituents is 1. The van der Waals surface area contributed by atoms with E-state index in [0.29, 0.717) is 3.57 Å². The largest absolute Gasteiger partial charge is 0.355 e. The highest BCUT2D eigenvalue weighted by atomic mass is 127. The molecule has 0 saturated heterocycles. The molecule has 2 rings (SSSR count). The highest BCUT2D eigenvalue weighted by molar-refractivity contribution is 14.1. The van der Waals surface area contributed by atoms with E-state index in [0.717, 1.165) is 21.4 Å². The van der Waals surface area contributed by atoms with Crippen LogP contribution in [0.5, 0.6) is 0 Å². The number of anilines is 2. The predicted molar refractivity (Wildman–Crippen MR) is 88.0 cm³/mol. The molecule has 0 atom stereocenters. The van der Waals surface area contributed by atoms with Crippen molar-refractivity contribution in [2.45, 2.75) is 6.92 Å². The molecule has 2 aromatic rings. The second-order valence-corrected chi connectivity index (χ2v) is 6.05. The highest BCUT2D eigenvalue weighted by Crippen LogP contribution is 2.29. The molecule has 1 N–H and O–H groups in total. The number of benzene rings is 2. The number of aryl methyl sites for hydroxylation is 1. The minimum absolute atomic E-state index is 0.120. The average molecular weight is 433 g/mol. The lowest BCUT2D eigenvalue weighted by molar-refractivity contribution is -0.385. The van der Waals surface area contributed by atoms with Gasteiger partial charge in [-0.05, 0) is 75.3 Å². The third kappa shape index (κ3) is 3.44. The minimum Gasteiger partial charge on any atom is -0.355 e. The Morgan fingerprint density at radius 3 is 2.58 bits per heavy atom. The van der Waals surface area contributed by atoms with Gasteiger partial charge in [0.25, 0.3) is 5.69 Å². The molecule has 0 bridgehead atoms. The first-order valence-electron chi connectivity index (χ1n) is 5.44. The van der Waals surface area contributed by atoms with Crippen LogP contribution in [0, 0.1) is 20.6 Å². The summed E-state index contributed by atoms with van der Waals surface area (Å²) >= 11 is 5.45. The van der Waals surface area contributed by atoms with Gasteiger partial charge in [0.1, 0.15) is 0 Å². The van der Waals surface area contributed by atoms with Gasteiger partial charge >= 0.3 is 0 Å². The van der Waals surface area contributed by atoms with Gasteiger partial charge in [-0.1, -0.05) is 6.07 Å². The molecule has 0 amide bonds. The molecule has 0 saturated carbocycles. The first kappa shape index (κ1) is 14.3. The Morgan fingerprint density at radius 1 is 1.26 bits per heavy atom.